The van der Waals surface area contributed by atoms with E-state index >= 15 is 0 Å². The maximum absolute atomic E-state index is 10.3. The molecule has 0 aliphatic carbocycles. The van der Waals surface area contributed by atoms with Gasteiger partial charge >= 0.3 is 35.5 Å². The second-order valence-corrected chi connectivity index (χ2v) is 3.06. The fraction of sp³-hybridized carbons (Fsp3) is 0. The Kier molecular flexibility index (Phi) is 5.33. The zero-order valence-corrected chi connectivity index (χ0v) is 7.20. The summed E-state index contributed by atoms with van der Waals surface area (Å²) in [7, 11) is 0. The van der Waals surface area contributed by atoms with Crippen molar-refractivity contribution in [2.24, 2.45) is 0 Å². The van der Waals surface area contributed by atoms with Gasteiger partial charge in [-0.15, -0.1) is 0 Å². The van der Waals surface area contributed by atoms with Crippen LogP contribution in [0.4, 0.5) is 0 Å². The molecule has 0 amide bonds. The second kappa shape index (κ2) is 5.13. The second-order valence-electron chi connectivity index (χ2n) is 1.81. The number of rotatable bonds is 1. The van der Waals surface area contributed by atoms with E-state index in [4.69, 9.17) is 5.11 Å². The van der Waals surface area contributed by atoms with Crippen molar-refractivity contribution in [2.45, 2.75) is 0 Å². The third kappa shape index (κ3) is 3.55. The third-order valence-electron chi connectivity index (χ3n) is 1.09. The van der Waals surface area contributed by atoms with Gasteiger partial charge in [0.05, 0.1) is 5.56 Å². The van der Waals surface area contributed by atoms with Crippen LogP contribution in [0.3, 0.4) is 0 Å². The van der Waals surface area contributed by atoms with Gasteiger partial charge in [0, 0.05) is 3.57 Å². The van der Waals surface area contributed by atoms with Gasteiger partial charge in [-0.3, -0.25) is 0 Å². The molecule has 11 heavy (non-hydrogen) atoms. The molecule has 0 fully saturated rings. The fourth-order valence-corrected chi connectivity index (χ4v) is 0.952. The van der Waals surface area contributed by atoms with Crippen LogP contribution in [0.5, 0.6) is 0 Å². The first-order chi connectivity index (χ1) is 4.70. The summed E-state index contributed by atoms with van der Waals surface area (Å²) in [5.41, 5.74) is 0.334. The summed E-state index contributed by atoms with van der Waals surface area (Å²) >= 11 is 2.13. The van der Waals surface area contributed by atoms with E-state index in [1.54, 1.807) is 24.3 Å². The molecule has 0 aromatic heterocycles. The summed E-state index contributed by atoms with van der Waals surface area (Å²) in [6.07, 6.45) is 0. The first kappa shape index (κ1) is 11.4. The van der Waals surface area contributed by atoms with Crippen LogP contribution in [-0.2, 0) is 0 Å². The van der Waals surface area contributed by atoms with E-state index < -0.39 is 5.97 Å². The van der Waals surface area contributed by atoms with E-state index in [0.29, 0.717) is 5.56 Å². The molecule has 0 atom stereocenters. The standard InChI is InChI=1S/C7H5IO2.Na.H/c8-6-3-1-5(2-4-6)7(9)10;;/h1-4H,(H,9,10);;. The van der Waals surface area contributed by atoms with Crippen LogP contribution in [-0.4, -0.2) is 40.6 Å². The number of carboxylic acids is 1. The van der Waals surface area contributed by atoms with Crippen LogP contribution in [0.15, 0.2) is 24.3 Å². The molecule has 0 aliphatic heterocycles. The Morgan fingerprint density at radius 1 is 1.27 bits per heavy atom. The summed E-state index contributed by atoms with van der Waals surface area (Å²) in [5, 5.41) is 8.47. The molecule has 1 aromatic rings. The minimum atomic E-state index is -0.878. The number of carboxylic acid groups (broad SMARTS) is 1. The molecule has 2 nitrogen and oxygen atoms in total. The van der Waals surface area contributed by atoms with Crippen LogP contribution in [0.2, 0.25) is 0 Å². The Balaban J connectivity index is 0.000001000. The third-order valence-corrected chi connectivity index (χ3v) is 1.81. The molecule has 1 rings (SSSR count). The molecule has 0 radical (unpaired) electrons. The van der Waals surface area contributed by atoms with Gasteiger partial charge < -0.3 is 5.11 Å². The average Bonchev–Trinajstić information content (AvgIpc) is 1.88. The number of hydrogen-bond donors (Lipinski definition) is 1. The molecular formula is C7H6INaO2. The summed E-state index contributed by atoms with van der Waals surface area (Å²) in [5.74, 6) is -0.878. The van der Waals surface area contributed by atoms with E-state index in [9.17, 15) is 4.79 Å². The first-order valence-electron chi connectivity index (χ1n) is 2.69. The zero-order valence-electron chi connectivity index (χ0n) is 5.04. The van der Waals surface area contributed by atoms with Crippen molar-refractivity contribution < 1.29 is 9.90 Å². The quantitative estimate of drug-likeness (QED) is 0.618. The predicted octanol–water partition coefficient (Wildman–Crippen LogP) is 1.34. The SMILES string of the molecule is O=C(O)c1ccc(I)cc1.[NaH]. The van der Waals surface area contributed by atoms with Crippen LogP contribution in [0.1, 0.15) is 10.4 Å². The van der Waals surface area contributed by atoms with Gasteiger partial charge in [-0.1, -0.05) is 0 Å². The van der Waals surface area contributed by atoms with Gasteiger partial charge in [0.15, 0.2) is 0 Å². The minimum absolute atomic E-state index is 0. The van der Waals surface area contributed by atoms with Crippen molar-refractivity contribution in [3.05, 3.63) is 33.4 Å². The van der Waals surface area contributed by atoms with Crippen molar-refractivity contribution in [3.8, 4) is 0 Å². The van der Waals surface area contributed by atoms with Gasteiger partial charge in [0.1, 0.15) is 0 Å². The molecule has 0 saturated heterocycles. The summed E-state index contributed by atoms with van der Waals surface area (Å²) in [6, 6.07) is 6.71. The van der Waals surface area contributed by atoms with E-state index in [1.165, 1.54) is 0 Å². The molecule has 1 aromatic carbocycles. The van der Waals surface area contributed by atoms with Crippen LogP contribution in [0, 0.1) is 3.57 Å². The van der Waals surface area contributed by atoms with E-state index in [-0.39, 0.29) is 29.6 Å². The molecule has 0 bridgehead atoms. The Hall–Kier alpha value is 0.420. The van der Waals surface area contributed by atoms with Crippen LogP contribution < -0.4 is 0 Å². The van der Waals surface area contributed by atoms with Crippen LogP contribution in [0.25, 0.3) is 0 Å². The van der Waals surface area contributed by atoms with Crippen LogP contribution >= 0.6 is 22.6 Å². The fourth-order valence-electron chi connectivity index (χ4n) is 0.592. The first-order valence-corrected chi connectivity index (χ1v) is 3.77. The van der Waals surface area contributed by atoms with Crippen molar-refractivity contribution in [1.29, 1.82) is 0 Å². The number of halogens is 1. The maximum atomic E-state index is 10.3. The van der Waals surface area contributed by atoms with E-state index in [1.807, 2.05) is 0 Å². The van der Waals surface area contributed by atoms with Crippen molar-refractivity contribution in [2.75, 3.05) is 0 Å². The number of hydrogen-bond acceptors (Lipinski definition) is 1. The van der Waals surface area contributed by atoms with Gasteiger partial charge in [0.2, 0.25) is 0 Å². The molecular weight excluding hydrogens is 266 g/mol. The number of carbonyl (C=O) groups is 1. The monoisotopic (exact) mass is 272 g/mol. The van der Waals surface area contributed by atoms with Crippen molar-refractivity contribution in [1.82, 2.24) is 0 Å². The molecule has 0 heterocycles. The van der Waals surface area contributed by atoms with E-state index in [2.05, 4.69) is 22.6 Å². The normalized spacial score (nSPS) is 8.45. The molecule has 0 aliphatic rings. The predicted molar refractivity (Wildman–Crippen MR) is 53.3 cm³/mol. The Morgan fingerprint density at radius 2 is 1.73 bits per heavy atom. The molecule has 0 unspecified atom stereocenters. The molecule has 54 valence electrons. The number of aromatic carboxylic acids is 1. The van der Waals surface area contributed by atoms with E-state index in [0.717, 1.165) is 3.57 Å². The molecule has 4 heteroatoms. The van der Waals surface area contributed by atoms with Crippen molar-refractivity contribution >= 4 is 58.1 Å². The Bertz CT molecular complexity index is 245. The molecule has 0 spiro atoms. The summed E-state index contributed by atoms with van der Waals surface area (Å²) < 4.78 is 1.04. The molecule has 1 N–H and O–H groups in total. The zero-order chi connectivity index (χ0) is 7.56. The summed E-state index contributed by atoms with van der Waals surface area (Å²) in [6.45, 7) is 0. The Labute approximate surface area is 100 Å². The molecule has 0 saturated carbocycles. The Morgan fingerprint density at radius 3 is 2.09 bits per heavy atom. The number of benzene rings is 1. The van der Waals surface area contributed by atoms with Gasteiger partial charge in [-0.25, -0.2) is 4.79 Å². The van der Waals surface area contributed by atoms with Gasteiger partial charge in [-0.05, 0) is 46.9 Å². The average molecular weight is 272 g/mol. The van der Waals surface area contributed by atoms with Gasteiger partial charge in [0.25, 0.3) is 0 Å². The summed E-state index contributed by atoms with van der Waals surface area (Å²) in [4.78, 5) is 10.3. The van der Waals surface area contributed by atoms with Gasteiger partial charge in [-0.2, -0.15) is 0 Å². The van der Waals surface area contributed by atoms with Crippen molar-refractivity contribution in [3.63, 3.8) is 0 Å². The topological polar surface area (TPSA) is 37.3 Å².